The molecule has 1 fully saturated rings. The Morgan fingerprint density at radius 2 is 0.968 bits per heavy atom. The SMILES string of the molecule is CCCCCC/C=C\CCCCCCCC(=O)OCC(COC1OC(CS(=O)(=O)O)C(O)C(O)C1O)OC(=O)CCCCCCCCCCC/C=C\C/C=C\CCCCCCC. The second kappa shape index (κ2) is 39.3. The number of allylic oxidation sites excluding steroid dienone is 6. The van der Waals surface area contributed by atoms with Crippen molar-refractivity contribution in [2.45, 2.75) is 243 Å². The number of hydrogen-bond acceptors (Lipinski definition) is 11. The van der Waals surface area contributed by atoms with Crippen LogP contribution in [0, 0.1) is 0 Å². The molecule has 1 aliphatic heterocycles. The summed E-state index contributed by atoms with van der Waals surface area (Å²) >= 11 is 0. The molecule has 62 heavy (non-hydrogen) atoms. The fraction of sp³-hybridized carbons (Fsp3) is 0.837. The minimum Gasteiger partial charge on any atom is -0.462 e. The van der Waals surface area contributed by atoms with Crippen LogP contribution in [0.15, 0.2) is 36.5 Å². The highest BCUT2D eigenvalue weighted by atomic mass is 32.2. The van der Waals surface area contributed by atoms with Crippen LogP contribution in [-0.2, 0) is 38.7 Å². The van der Waals surface area contributed by atoms with E-state index in [1.807, 2.05) is 0 Å². The van der Waals surface area contributed by atoms with Crippen LogP contribution < -0.4 is 0 Å². The van der Waals surface area contributed by atoms with Gasteiger partial charge in [0, 0.05) is 12.8 Å². The number of rotatable bonds is 41. The molecule has 0 saturated carbocycles. The van der Waals surface area contributed by atoms with E-state index in [9.17, 15) is 37.9 Å². The Morgan fingerprint density at radius 3 is 1.45 bits per heavy atom. The highest BCUT2D eigenvalue weighted by Crippen LogP contribution is 2.24. The van der Waals surface area contributed by atoms with E-state index in [0.29, 0.717) is 12.8 Å². The van der Waals surface area contributed by atoms with Crippen LogP contribution in [0.25, 0.3) is 0 Å². The molecule has 0 radical (unpaired) electrons. The van der Waals surface area contributed by atoms with Gasteiger partial charge in [-0.2, -0.15) is 8.42 Å². The van der Waals surface area contributed by atoms with E-state index in [1.54, 1.807) is 0 Å². The predicted octanol–water partition coefficient (Wildman–Crippen LogP) is 10.6. The van der Waals surface area contributed by atoms with E-state index in [4.69, 9.17) is 18.9 Å². The average Bonchev–Trinajstić information content (AvgIpc) is 3.24. The highest BCUT2D eigenvalue weighted by molar-refractivity contribution is 7.85. The van der Waals surface area contributed by atoms with Crippen molar-refractivity contribution in [1.29, 1.82) is 0 Å². The minimum absolute atomic E-state index is 0.158. The molecule has 13 heteroatoms. The number of aliphatic hydroxyl groups is 3. The van der Waals surface area contributed by atoms with Crippen molar-refractivity contribution in [3.05, 3.63) is 36.5 Å². The van der Waals surface area contributed by atoms with Gasteiger partial charge in [-0.05, 0) is 70.6 Å². The van der Waals surface area contributed by atoms with Crippen LogP contribution in [0.5, 0.6) is 0 Å². The first kappa shape index (κ1) is 57.9. The van der Waals surface area contributed by atoms with Crippen molar-refractivity contribution in [2.24, 2.45) is 0 Å². The second-order valence-corrected chi connectivity index (χ2v) is 18.6. The van der Waals surface area contributed by atoms with Crippen LogP contribution in [0.4, 0.5) is 0 Å². The summed E-state index contributed by atoms with van der Waals surface area (Å²) in [5, 5.41) is 30.9. The molecule has 1 aliphatic rings. The molecule has 1 heterocycles. The van der Waals surface area contributed by atoms with Gasteiger partial charge in [0.15, 0.2) is 12.4 Å². The smallest absolute Gasteiger partial charge is 0.306 e. The topological polar surface area (TPSA) is 186 Å². The van der Waals surface area contributed by atoms with Crippen molar-refractivity contribution in [3.63, 3.8) is 0 Å². The van der Waals surface area contributed by atoms with Crippen molar-refractivity contribution in [3.8, 4) is 0 Å². The number of aliphatic hydroxyl groups excluding tert-OH is 3. The third-order valence-electron chi connectivity index (χ3n) is 11.2. The lowest BCUT2D eigenvalue weighted by Crippen LogP contribution is -2.60. The molecule has 0 aromatic heterocycles. The highest BCUT2D eigenvalue weighted by Gasteiger charge is 2.46. The van der Waals surface area contributed by atoms with Crippen molar-refractivity contribution >= 4 is 22.1 Å². The molecule has 0 spiro atoms. The van der Waals surface area contributed by atoms with E-state index in [1.165, 1.54) is 89.9 Å². The normalized spacial score (nSPS) is 20.1. The van der Waals surface area contributed by atoms with Gasteiger partial charge in [-0.15, -0.1) is 0 Å². The predicted molar refractivity (Wildman–Crippen MR) is 247 cm³/mol. The summed E-state index contributed by atoms with van der Waals surface area (Å²) in [7, 11) is -4.60. The first-order valence-electron chi connectivity index (χ1n) is 24.5. The Bertz CT molecular complexity index is 1290. The number of unbranched alkanes of at least 4 members (excludes halogenated alkanes) is 23. The maximum absolute atomic E-state index is 12.8. The number of hydrogen-bond donors (Lipinski definition) is 4. The number of esters is 2. The molecule has 1 saturated heterocycles. The summed E-state index contributed by atoms with van der Waals surface area (Å²) < 4.78 is 54.1. The molecule has 0 aromatic rings. The van der Waals surface area contributed by atoms with E-state index in [-0.39, 0.29) is 19.4 Å². The van der Waals surface area contributed by atoms with Crippen molar-refractivity contribution in [1.82, 2.24) is 0 Å². The van der Waals surface area contributed by atoms with E-state index in [2.05, 4.69) is 50.3 Å². The first-order chi connectivity index (χ1) is 30.0. The molecule has 0 aromatic carbocycles. The van der Waals surface area contributed by atoms with Gasteiger partial charge < -0.3 is 34.3 Å². The minimum atomic E-state index is -4.60. The van der Waals surface area contributed by atoms with Crippen LogP contribution in [0.2, 0.25) is 0 Å². The number of carbonyl (C=O) groups excluding carboxylic acids is 2. The first-order valence-corrected chi connectivity index (χ1v) is 26.2. The summed E-state index contributed by atoms with van der Waals surface area (Å²) in [6, 6.07) is 0. The van der Waals surface area contributed by atoms with Crippen LogP contribution in [-0.4, -0.2) is 96.0 Å². The molecule has 362 valence electrons. The van der Waals surface area contributed by atoms with Gasteiger partial charge in [-0.25, -0.2) is 0 Å². The van der Waals surface area contributed by atoms with Crippen molar-refractivity contribution in [2.75, 3.05) is 19.0 Å². The zero-order valence-corrected chi connectivity index (χ0v) is 39.5. The summed E-state index contributed by atoms with van der Waals surface area (Å²) in [5.74, 6) is -2.00. The lowest BCUT2D eigenvalue weighted by Gasteiger charge is -2.40. The third kappa shape index (κ3) is 33.4. The molecule has 0 bridgehead atoms. The van der Waals surface area contributed by atoms with E-state index < -0.39 is 71.2 Å². The van der Waals surface area contributed by atoms with Gasteiger partial charge in [-0.1, -0.05) is 159 Å². The van der Waals surface area contributed by atoms with Gasteiger partial charge in [0.05, 0.1) is 6.61 Å². The summed E-state index contributed by atoms with van der Waals surface area (Å²) in [4.78, 5) is 25.4. The van der Waals surface area contributed by atoms with E-state index >= 15 is 0 Å². The quantitative estimate of drug-likeness (QED) is 0.0197. The van der Waals surface area contributed by atoms with Gasteiger partial charge in [0.2, 0.25) is 0 Å². The van der Waals surface area contributed by atoms with Gasteiger partial charge >= 0.3 is 11.9 Å². The molecule has 6 unspecified atom stereocenters. The molecule has 12 nitrogen and oxygen atoms in total. The van der Waals surface area contributed by atoms with Gasteiger partial charge in [0.25, 0.3) is 10.1 Å². The Hall–Kier alpha value is -2.13. The summed E-state index contributed by atoms with van der Waals surface area (Å²) in [6.45, 7) is 3.73. The van der Waals surface area contributed by atoms with Gasteiger partial charge in [0.1, 0.15) is 36.8 Å². The Kier molecular flexibility index (Phi) is 36.6. The Morgan fingerprint density at radius 1 is 0.548 bits per heavy atom. The van der Waals surface area contributed by atoms with Gasteiger partial charge in [-0.3, -0.25) is 14.1 Å². The number of ether oxygens (including phenoxy) is 4. The average molecular weight is 901 g/mol. The Labute approximate surface area is 376 Å². The molecule has 0 aliphatic carbocycles. The second-order valence-electron chi connectivity index (χ2n) is 17.1. The Balaban J connectivity index is 2.39. The van der Waals surface area contributed by atoms with Crippen LogP contribution >= 0.6 is 0 Å². The summed E-state index contributed by atoms with van der Waals surface area (Å²) in [5.41, 5.74) is 0. The zero-order chi connectivity index (χ0) is 45.5. The standard InChI is InChI=1S/C49H88O12S/c1-3-5-7-9-11-13-15-17-18-19-20-21-22-23-24-26-28-30-32-34-36-38-45(51)60-42(40-59-49-48(54)47(53)46(52)43(61-49)41-62(55,56)57)39-58-44(50)37-35-33-31-29-27-25-16-14-12-10-8-6-4-2/h14-17,19-20,42-43,46-49,52-54H,3-13,18,21-41H2,1-2H3,(H,55,56,57)/b16-14-,17-15-,20-19-. The molecular weight excluding hydrogens is 813 g/mol. The maximum atomic E-state index is 12.8. The lowest BCUT2D eigenvalue weighted by molar-refractivity contribution is -0.297. The molecule has 1 rings (SSSR count). The summed E-state index contributed by atoms with van der Waals surface area (Å²) in [6.07, 6.45) is 36.1. The molecule has 0 amide bonds. The molecule has 4 N–H and O–H groups in total. The largest absolute Gasteiger partial charge is 0.462 e. The van der Waals surface area contributed by atoms with Crippen LogP contribution in [0.1, 0.15) is 206 Å². The van der Waals surface area contributed by atoms with Crippen LogP contribution in [0.3, 0.4) is 0 Å². The van der Waals surface area contributed by atoms with E-state index in [0.717, 1.165) is 77.0 Å². The van der Waals surface area contributed by atoms with Crippen molar-refractivity contribution < 1.29 is 56.8 Å². The molecule has 6 atom stereocenters. The fourth-order valence-corrected chi connectivity index (χ4v) is 8.04. The fourth-order valence-electron chi connectivity index (χ4n) is 7.35. The maximum Gasteiger partial charge on any atom is 0.306 e. The third-order valence-corrected chi connectivity index (χ3v) is 11.9. The monoisotopic (exact) mass is 901 g/mol. The lowest BCUT2D eigenvalue weighted by atomic mass is 10.00. The zero-order valence-electron chi connectivity index (χ0n) is 38.7. The molecular formula is C49H88O12S. The number of carbonyl (C=O) groups is 2.